The van der Waals surface area contributed by atoms with Crippen LogP contribution < -0.4 is 4.90 Å². The fourth-order valence-corrected chi connectivity index (χ4v) is 3.97. The standard InChI is InChI=1S/C23H20N6O3/c30-21(15-29-22(31)17-5-1-2-6-18(17)23(29)32)28-12-10-27(11-13-28)20-8-7-19(25-26-20)16-4-3-9-24-14-16/h1-9,14H,10-13,15H2. The average molecular weight is 428 g/mol. The van der Waals surface area contributed by atoms with Crippen molar-refractivity contribution in [3.05, 3.63) is 72.1 Å². The molecule has 0 N–H and O–H groups in total. The predicted octanol–water partition coefficient (Wildman–Crippen LogP) is 1.48. The zero-order valence-corrected chi connectivity index (χ0v) is 17.2. The Kier molecular flexibility index (Phi) is 5.06. The molecule has 160 valence electrons. The van der Waals surface area contributed by atoms with Crippen molar-refractivity contribution in [3.8, 4) is 11.3 Å². The van der Waals surface area contributed by atoms with Crippen LogP contribution in [0.4, 0.5) is 5.82 Å². The van der Waals surface area contributed by atoms with Crippen molar-refractivity contribution in [2.45, 2.75) is 0 Å². The first-order chi connectivity index (χ1) is 15.6. The summed E-state index contributed by atoms with van der Waals surface area (Å²) in [4.78, 5) is 46.6. The summed E-state index contributed by atoms with van der Waals surface area (Å²) in [6.45, 7) is 1.90. The van der Waals surface area contributed by atoms with Gasteiger partial charge in [-0.3, -0.25) is 24.3 Å². The van der Waals surface area contributed by atoms with Gasteiger partial charge in [-0.25, -0.2) is 0 Å². The number of anilines is 1. The van der Waals surface area contributed by atoms with Gasteiger partial charge in [0.1, 0.15) is 6.54 Å². The third-order valence-electron chi connectivity index (χ3n) is 5.74. The van der Waals surface area contributed by atoms with Crippen LogP contribution in [-0.2, 0) is 4.79 Å². The van der Waals surface area contributed by atoms with Crippen LogP contribution in [0.3, 0.4) is 0 Å². The Hall–Kier alpha value is -4.14. The van der Waals surface area contributed by atoms with Crippen LogP contribution in [0.15, 0.2) is 60.9 Å². The lowest BCUT2D eigenvalue weighted by Gasteiger charge is -2.35. The van der Waals surface area contributed by atoms with Crippen molar-refractivity contribution >= 4 is 23.5 Å². The summed E-state index contributed by atoms with van der Waals surface area (Å²) in [5.41, 5.74) is 2.35. The highest BCUT2D eigenvalue weighted by Gasteiger charge is 2.37. The second-order valence-electron chi connectivity index (χ2n) is 7.63. The topological polar surface area (TPSA) is 99.6 Å². The van der Waals surface area contributed by atoms with E-state index in [1.54, 1.807) is 41.6 Å². The van der Waals surface area contributed by atoms with Gasteiger partial charge < -0.3 is 9.80 Å². The number of hydrogen-bond donors (Lipinski definition) is 0. The zero-order chi connectivity index (χ0) is 22.1. The number of imide groups is 1. The average Bonchev–Trinajstić information content (AvgIpc) is 3.10. The van der Waals surface area contributed by atoms with Gasteiger partial charge in [-0.1, -0.05) is 12.1 Å². The molecule has 32 heavy (non-hydrogen) atoms. The highest BCUT2D eigenvalue weighted by Crippen LogP contribution is 2.23. The molecule has 2 aliphatic rings. The van der Waals surface area contributed by atoms with Crippen LogP contribution in [0.2, 0.25) is 0 Å². The number of nitrogens with zero attached hydrogens (tertiary/aromatic N) is 6. The van der Waals surface area contributed by atoms with Crippen molar-refractivity contribution in [2.75, 3.05) is 37.6 Å². The van der Waals surface area contributed by atoms with E-state index in [1.807, 2.05) is 24.3 Å². The molecule has 3 amide bonds. The molecule has 9 nitrogen and oxygen atoms in total. The van der Waals surface area contributed by atoms with E-state index in [0.717, 1.165) is 22.0 Å². The summed E-state index contributed by atoms with van der Waals surface area (Å²) < 4.78 is 0. The fraction of sp³-hybridized carbons (Fsp3) is 0.217. The summed E-state index contributed by atoms with van der Waals surface area (Å²) in [6.07, 6.45) is 3.45. The molecule has 1 fully saturated rings. The highest BCUT2D eigenvalue weighted by atomic mass is 16.2. The molecule has 0 atom stereocenters. The van der Waals surface area contributed by atoms with Crippen LogP contribution in [0.25, 0.3) is 11.3 Å². The van der Waals surface area contributed by atoms with Crippen molar-refractivity contribution < 1.29 is 14.4 Å². The molecule has 0 saturated carbocycles. The van der Waals surface area contributed by atoms with Gasteiger partial charge in [0.05, 0.1) is 16.8 Å². The number of pyridine rings is 1. The molecule has 1 aromatic carbocycles. The van der Waals surface area contributed by atoms with Crippen LogP contribution in [0.1, 0.15) is 20.7 Å². The fourth-order valence-electron chi connectivity index (χ4n) is 3.97. The van der Waals surface area contributed by atoms with Crippen molar-refractivity contribution in [1.82, 2.24) is 25.0 Å². The van der Waals surface area contributed by atoms with Gasteiger partial charge in [-0.15, -0.1) is 10.2 Å². The van der Waals surface area contributed by atoms with E-state index in [-0.39, 0.29) is 12.5 Å². The van der Waals surface area contributed by atoms with Gasteiger partial charge in [-0.2, -0.15) is 0 Å². The molecule has 0 aliphatic carbocycles. The minimum absolute atomic E-state index is 0.239. The third kappa shape index (κ3) is 3.58. The second kappa shape index (κ2) is 8.18. The molecular weight excluding hydrogens is 408 g/mol. The second-order valence-corrected chi connectivity index (χ2v) is 7.63. The van der Waals surface area contributed by atoms with Crippen LogP contribution >= 0.6 is 0 Å². The summed E-state index contributed by atoms with van der Waals surface area (Å²) in [5.74, 6) is -0.328. The Labute approximate surface area is 184 Å². The molecule has 1 saturated heterocycles. The predicted molar refractivity (Wildman–Crippen MR) is 116 cm³/mol. The number of carbonyl (C=O) groups is 3. The first kappa shape index (κ1) is 19.8. The van der Waals surface area contributed by atoms with Crippen LogP contribution in [0, 0.1) is 0 Å². The highest BCUT2D eigenvalue weighted by molar-refractivity contribution is 6.22. The first-order valence-corrected chi connectivity index (χ1v) is 10.3. The van der Waals surface area contributed by atoms with Gasteiger partial charge >= 0.3 is 0 Å². The van der Waals surface area contributed by atoms with Gasteiger partial charge in [-0.05, 0) is 36.4 Å². The van der Waals surface area contributed by atoms with Crippen LogP contribution in [-0.4, -0.2) is 75.4 Å². The van der Waals surface area contributed by atoms with E-state index in [9.17, 15) is 14.4 Å². The minimum Gasteiger partial charge on any atom is -0.352 e. The molecule has 3 aromatic rings. The molecule has 4 heterocycles. The Balaban J connectivity index is 1.19. The SMILES string of the molecule is O=C(CN1C(=O)c2ccccc2C1=O)N1CCN(c2ccc(-c3cccnc3)nn2)CC1. The summed E-state index contributed by atoms with van der Waals surface area (Å²) in [7, 11) is 0. The Morgan fingerprint density at radius 3 is 2.16 bits per heavy atom. The molecule has 2 aromatic heterocycles. The molecule has 0 unspecified atom stereocenters. The van der Waals surface area contributed by atoms with Crippen LogP contribution in [0.5, 0.6) is 0 Å². The molecule has 0 radical (unpaired) electrons. The van der Waals surface area contributed by atoms with Crippen molar-refractivity contribution in [3.63, 3.8) is 0 Å². The van der Waals surface area contributed by atoms with E-state index in [0.29, 0.717) is 37.3 Å². The van der Waals surface area contributed by atoms with E-state index in [2.05, 4.69) is 20.1 Å². The van der Waals surface area contributed by atoms with Gasteiger partial charge in [0.15, 0.2) is 5.82 Å². The number of rotatable bonds is 4. The lowest BCUT2D eigenvalue weighted by atomic mass is 10.1. The van der Waals surface area contributed by atoms with E-state index in [4.69, 9.17) is 0 Å². The maximum atomic E-state index is 12.8. The monoisotopic (exact) mass is 428 g/mol. The van der Waals surface area contributed by atoms with Crippen molar-refractivity contribution in [1.29, 1.82) is 0 Å². The van der Waals surface area contributed by atoms with Gasteiger partial charge in [0.2, 0.25) is 5.91 Å². The van der Waals surface area contributed by atoms with E-state index < -0.39 is 11.8 Å². The minimum atomic E-state index is -0.415. The quantitative estimate of drug-likeness (QED) is 0.581. The molecular formula is C23H20N6O3. The Morgan fingerprint density at radius 2 is 1.56 bits per heavy atom. The molecule has 0 spiro atoms. The lowest BCUT2D eigenvalue weighted by molar-refractivity contribution is -0.131. The smallest absolute Gasteiger partial charge is 0.262 e. The normalized spacial score (nSPS) is 15.8. The number of fused-ring (bicyclic) bond motifs is 1. The van der Waals surface area contributed by atoms with E-state index >= 15 is 0 Å². The van der Waals surface area contributed by atoms with E-state index in [1.165, 1.54) is 0 Å². The zero-order valence-electron chi connectivity index (χ0n) is 17.2. The Bertz CT molecular complexity index is 1140. The lowest BCUT2D eigenvalue weighted by Crippen LogP contribution is -2.52. The number of carbonyl (C=O) groups excluding carboxylic acids is 3. The van der Waals surface area contributed by atoms with Crippen molar-refractivity contribution in [2.24, 2.45) is 0 Å². The molecule has 5 rings (SSSR count). The maximum Gasteiger partial charge on any atom is 0.262 e. The molecule has 0 bridgehead atoms. The summed E-state index contributed by atoms with van der Waals surface area (Å²) in [6, 6.07) is 14.2. The third-order valence-corrected chi connectivity index (χ3v) is 5.74. The maximum absolute atomic E-state index is 12.8. The Morgan fingerprint density at radius 1 is 0.844 bits per heavy atom. The first-order valence-electron chi connectivity index (χ1n) is 10.3. The number of benzene rings is 1. The summed E-state index contributed by atoms with van der Waals surface area (Å²) in [5, 5.41) is 8.61. The number of hydrogen-bond acceptors (Lipinski definition) is 7. The number of amides is 3. The molecule has 9 heteroatoms. The number of aromatic nitrogens is 3. The number of piperazine rings is 1. The van der Waals surface area contributed by atoms with Gasteiger partial charge in [0.25, 0.3) is 11.8 Å². The largest absolute Gasteiger partial charge is 0.352 e. The summed E-state index contributed by atoms with van der Waals surface area (Å²) >= 11 is 0. The molecule has 2 aliphatic heterocycles. The van der Waals surface area contributed by atoms with Gasteiger partial charge in [0, 0.05) is 44.1 Å².